The van der Waals surface area contributed by atoms with E-state index in [1.54, 1.807) is 18.3 Å². The second-order valence-corrected chi connectivity index (χ2v) is 3.64. The number of aromatic nitrogens is 2. The lowest BCUT2D eigenvalue weighted by Gasteiger charge is -2.02. The molecule has 0 amide bonds. The quantitative estimate of drug-likeness (QED) is 0.591. The summed E-state index contributed by atoms with van der Waals surface area (Å²) < 4.78 is 4.57. The van der Waals surface area contributed by atoms with Gasteiger partial charge in [-0.2, -0.15) is 0 Å². The number of methoxy groups -OCH3 is 1. The molecule has 16 heavy (non-hydrogen) atoms. The van der Waals surface area contributed by atoms with Crippen molar-refractivity contribution in [3.63, 3.8) is 0 Å². The molecule has 0 atom stereocenters. The molecule has 4 nitrogen and oxygen atoms in total. The third-order valence-corrected chi connectivity index (χ3v) is 2.36. The Kier molecular flexibility index (Phi) is 3.01. The van der Waals surface area contributed by atoms with Crippen LogP contribution in [0.1, 0.15) is 5.69 Å². The Morgan fingerprint density at radius 3 is 3.06 bits per heavy atom. The van der Waals surface area contributed by atoms with Gasteiger partial charge in [-0.05, 0) is 12.1 Å². The highest BCUT2D eigenvalue weighted by Crippen LogP contribution is 2.15. The molecule has 2 aromatic rings. The first-order chi connectivity index (χ1) is 7.69. The number of carbonyl (C=O) groups excluding carboxylic acids is 1. The molecule has 2 rings (SSSR count). The van der Waals surface area contributed by atoms with E-state index in [1.165, 1.54) is 7.11 Å². The summed E-state index contributed by atoms with van der Waals surface area (Å²) in [5.41, 5.74) is 1.38. The first-order valence-electron chi connectivity index (χ1n) is 4.67. The van der Waals surface area contributed by atoms with Crippen molar-refractivity contribution in [3.05, 3.63) is 35.2 Å². The van der Waals surface area contributed by atoms with E-state index in [1.807, 2.05) is 6.07 Å². The van der Waals surface area contributed by atoms with Gasteiger partial charge in [0.05, 0.1) is 24.7 Å². The van der Waals surface area contributed by atoms with Crippen molar-refractivity contribution in [1.82, 2.24) is 9.97 Å². The molecular formula is C11H9ClN2O2. The van der Waals surface area contributed by atoms with Gasteiger partial charge in [0.25, 0.3) is 0 Å². The number of nitrogens with zero attached hydrogens (tertiary/aromatic N) is 2. The summed E-state index contributed by atoms with van der Waals surface area (Å²) in [5.74, 6) is -0.313. The molecule has 0 saturated carbocycles. The van der Waals surface area contributed by atoms with Crippen LogP contribution in [0.3, 0.4) is 0 Å². The molecule has 0 N–H and O–H groups in total. The molecule has 0 bridgehead atoms. The van der Waals surface area contributed by atoms with Crippen LogP contribution in [0.4, 0.5) is 0 Å². The molecule has 0 radical (unpaired) electrons. The molecule has 5 heteroatoms. The van der Waals surface area contributed by atoms with Crippen LogP contribution in [-0.2, 0) is 16.0 Å². The number of esters is 1. The van der Waals surface area contributed by atoms with Crippen molar-refractivity contribution in [2.75, 3.05) is 7.11 Å². The average molecular weight is 237 g/mol. The van der Waals surface area contributed by atoms with Crippen molar-refractivity contribution >= 4 is 28.5 Å². The average Bonchev–Trinajstić information content (AvgIpc) is 2.28. The molecule has 2 heterocycles. The van der Waals surface area contributed by atoms with Crippen LogP contribution in [0.5, 0.6) is 0 Å². The summed E-state index contributed by atoms with van der Waals surface area (Å²) in [6, 6.07) is 5.29. The van der Waals surface area contributed by atoms with Gasteiger partial charge in [0.15, 0.2) is 0 Å². The predicted octanol–water partition coefficient (Wildman–Crippen LogP) is 2.00. The molecule has 82 valence electrons. The van der Waals surface area contributed by atoms with Crippen LogP contribution in [0, 0.1) is 0 Å². The Morgan fingerprint density at radius 1 is 1.50 bits per heavy atom. The van der Waals surface area contributed by atoms with Crippen LogP contribution in [-0.4, -0.2) is 23.0 Å². The lowest BCUT2D eigenvalue weighted by Crippen LogP contribution is -2.05. The van der Waals surface area contributed by atoms with E-state index in [-0.39, 0.29) is 12.4 Å². The molecule has 0 saturated heterocycles. The van der Waals surface area contributed by atoms with E-state index in [2.05, 4.69) is 14.7 Å². The number of halogens is 1. The van der Waals surface area contributed by atoms with Crippen LogP contribution in [0.15, 0.2) is 24.4 Å². The second-order valence-electron chi connectivity index (χ2n) is 3.26. The normalized spacial score (nSPS) is 10.4. The van der Waals surface area contributed by atoms with Crippen molar-refractivity contribution in [2.24, 2.45) is 0 Å². The van der Waals surface area contributed by atoms with Gasteiger partial charge in [0.2, 0.25) is 0 Å². The Labute approximate surface area is 97.2 Å². The lowest BCUT2D eigenvalue weighted by molar-refractivity contribution is -0.139. The Hall–Kier alpha value is -1.68. The zero-order chi connectivity index (χ0) is 11.5. The number of pyridine rings is 2. The van der Waals surface area contributed by atoms with Gasteiger partial charge in [-0.25, -0.2) is 4.98 Å². The first kappa shape index (κ1) is 10.8. The van der Waals surface area contributed by atoms with E-state index in [9.17, 15) is 4.79 Å². The van der Waals surface area contributed by atoms with Gasteiger partial charge >= 0.3 is 5.97 Å². The third-order valence-electron chi connectivity index (χ3n) is 2.15. The SMILES string of the molecule is COC(=O)Cc1ccc2cnc(Cl)cc2n1. The summed E-state index contributed by atoms with van der Waals surface area (Å²) in [6.07, 6.45) is 1.80. The highest BCUT2D eigenvalue weighted by atomic mass is 35.5. The number of fused-ring (bicyclic) bond motifs is 1. The third kappa shape index (κ3) is 2.28. The molecule has 0 aliphatic heterocycles. The van der Waals surface area contributed by atoms with E-state index < -0.39 is 0 Å². The number of carbonyl (C=O) groups is 1. The molecule has 0 fully saturated rings. The van der Waals surface area contributed by atoms with E-state index >= 15 is 0 Å². The zero-order valence-corrected chi connectivity index (χ0v) is 9.36. The minimum absolute atomic E-state index is 0.159. The van der Waals surface area contributed by atoms with Crippen LogP contribution < -0.4 is 0 Å². The zero-order valence-electron chi connectivity index (χ0n) is 8.61. The van der Waals surface area contributed by atoms with Gasteiger partial charge in [0.1, 0.15) is 5.15 Å². The Balaban J connectivity index is 2.39. The molecule has 2 aromatic heterocycles. The molecule has 0 aromatic carbocycles. The van der Waals surface area contributed by atoms with Crippen molar-refractivity contribution in [1.29, 1.82) is 0 Å². The van der Waals surface area contributed by atoms with Crippen molar-refractivity contribution in [2.45, 2.75) is 6.42 Å². The minimum Gasteiger partial charge on any atom is -0.469 e. The number of rotatable bonds is 2. The van der Waals surface area contributed by atoms with Gasteiger partial charge in [-0.3, -0.25) is 9.78 Å². The Bertz CT molecular complexity index is 542. The Morgan fingerprint density at radius 2 is 2.31 bits per heavy atom. The van der Waals surface area contributed by atoms with Gasteiger partial charge in [-0.15, -0.1) is 0 Å². The fraction of sp³-hybridized carbons (Fsp3) is 0.182. The summed E-state index contributed by atoms with van der Waals surface area (Å²) in [7, 11) is 1.35. The van der Waals surface area contributed by atoms with Crippen LogP contribution >= 0.6 is 11.6 Å². The largest absolute Gasteiger partial charge is 0.469 e. The summed E-state index contributed by atoms with van der Waals surface area (Å²) in [6.45, 7) is 0. The second kappa shape index (κ2) is 4.45. The van der Waals surface area contributed by atoms with E-state index in [0.717, 1.165) is 10.9 Å². The highest BCUT2D eigenvalue weighted by molar-refractivity contribution is 6.29. The van der Waals surface area contributed by atoms with Gasteiger partial charge in [0, 0.05) is 17.6 Å². The standard InChI is InChI=1S/C11H9ClN2O2/c1-16-11(15)4-8-3-2-7-6-13-10(12)5-9(7)14-8/h2-3,5-6H,4H2,1H3. The molecular weight excluding hydrogens is 228 g/mol. The monoisotopic (exact) mass is 236 g/mol. The molecule has 0 aliphatic rings. The molecule has 0 spiro atoms. The van der Waals surface area contributed by atoms with Crippen LogP contribution in [0.2, 0.25) is 5.15 Å². The maximum Gasteiger partial charge on any atom is 0.311 e. The van der Waals surface area contributed by atoms with Crippen LogP contribution in [0.25, 0.3) is 10.9 Å². The predicted molar refractivity (Wildman–Crippen MR) is 60.3 cm³/mol. The number of ether oxygens (including phenoxy) is 1. The number of hydrogen-bond donors (Lipinski definition) is 0. The van der Waals surface area contributed by atoms with Gasteiger partial charge in [-0.1, -0.05) is 11.6 Å². The maximum absolute atomic E-state index is 11.1. The molecule has 0 aliphatic carbocycles. The summed E-state index contributed by atoms with van der Waals surface area (Å²) in [4.78, 5) is 19.3. The number of hydrogen-bond acceptors (Lipinski definition) is 4. The summed E-state index contributed by atoms with van der Waals surface area (Å²) >= 11 is 5.76. The smallest absolute Gasteiger partial charge is 0.311 e. The highest BCUT2D eigenvalue weighted by Gasteiger charge is 2.05. The topological polar surface area (TPSA) is 52.1 Å². The molecule has 0 unspecified atom stereocenters. The maximum atomic E-state index is 11.1. The van der Waals surface area contributed by atoms with Gasteiger partial charge < -0.3 is 4.74 Å². The van der Waals surface area contributed by atoms with Crippen molar-refractivity contribution in [3.8, 4) is 0 Å². The lowest BCUT2D eigenvalue weighted by atomic mass is 10.2. The van der Waals surface area contributed by atoms with E-state index in [4.69, 9.17) is 11.6 Å². The fourth-order valence-corrected chi connectivity index (χ4v) is 1.50. The van der Waals surface area contributed by atoms with Crippen molar-refractivity contribution < 1.29 is 9.53 Å². The first-order valence-corrected chi connectivity index (χ1v) is 5.05. The van der Waals surface area contributed by atoms with E-state index in [0.29, 0.717) is 10.8 Å². The fourth-order valence-electron chi connectivity index (χ4n) is 1.35. The minimum atomic E-state index is -0.313. The summed E-state index contributed by atoms with van der Waals surface area (Å²) in [5, 5.41) is 1.27.